The number of rotatable bonds is 0. The summed E-state index contributed by atoms with van der Waals surface area (Å²) in [4.78, 5) is 20.7. The second-order valence-electron chi connectivity index (χ2n) is 2.99. The van der Waals surface area contributed by atoms with Gasteiger partial charge < -0.3 is 9.47 Å². The maximum absolute atomic E-state index is 10.4. The van der Waals surface area contributed by atoms with Crippen molar-refractivity contribution in [3.05, 3.63) is 12.2 Å². The summed E-state index contributed by atoms with van der Waals surface area (Å²) in [5.41, 5.74) is 0. The summed E-state index contributed by atoms with van der Waals surface area (Å²) in [5, 5.41) is 0. The standard InChI is InChI=1S/C6H6O2.C4H8O2/c7-5-1-2-6(8)4-3-5;1-2-6-4-3-5-1/h1-2H,3-4H2;1-4H2. The van der Waals surface area contributed by atoms with Gasteiger partial charge in [-0.05, 0) is 12.2 Å². The van der Waals surface area contributed by atoms with Crippen LogP contribution in [0.25, 0.3) is 0 Å². The predicted molar refractivity (Wildman–Crippen MR) is 50.0 cm³/mol. The molecular formula is C10H14O4. The molecule has 1 aliphatic carbocycles. The molecule has 1 heterocycles. The van der Waals surface area contributed by atoms with Gasteiger partial charge in [-0.1, -0.05) is 0 Å². The van der Waals surface area contributed by atoms with Crippen LogP contribution in [0.2, 0.25) is 0 Å². The average molecular weight is 198 g/mol. The molecule has 0 amide bonds. The smallest absolute Gasteiger partial charge is 0.156 e. The van der Waals surface area contributed by atoms with Crippen molar-refractivity contribution in [2.24, 2.45) is 0 Å². The van der Waals surface area contributed by atoms with Crippen molar-refractivity contribution < 1.29 is 19.1 Å². The second-order valence-corrected chi connectivity index (χ2v) is 2.99. The molecule has 14 heavy (non-hydrogen) atoms. The van der Waals surface area contributed by atoms with Gasteiger partial charge in [-0.3, -0.25) is 9.59 Å². The lowest BCUT2D eigenvalue weighted by Gasteiger charge is -2.09. The third-order valence-corrected chi connectivity index (χ3v) is 1.82. The fourth-order valence-electron chi connectivity index (χ4n) is 1.04. The molecule has 1 aliphatic heterocycles. The van der Waals surface area contributed by atoms with Crippen molar-refractivity contribution in [1.29, 1.82) is 0 Å². The van der Waals surface area contributed by atoms with Gasteiger partial charge >= 0.3 is 0 Å². The van der Waals surface area contributed by atoms with Crippen LogP contribution in [0.1, 0.15) is 12.8 Å². The normalized spacial score (nSPS) is 21.4. The number of carbonyl (C=O) groups is 2. The zero-order valence-corrected chi connectivity index (χ0v) is 8.03. The number of ketones is 2. The number of allylic oxidation sites excluding steroid dienone is 2. The SMILES string of the molecule is C1COCCO1.O=C1C=CC(=O)CC1. The molecule has 0 aromatic carbocycles. The van der Waals surface area contributed by atoms with Crippen LogP contribution in [0, 0.1) is 0 Å². The van der Waals surface area contributed by atoms with E-state index in [0.717, 1.165) is 26.4 Å². The predicted octanol–water partition coefficient (Wildman–Crippen LogP) is 0.508. The molecule has 4 heteroatoms. The van der Waals surface area contributed by atoms with E-state index >= 15 is 0 Å². The van der Waals surface area contributed by atoms with Gasteiger partial charge in [0.2, 0.25) is 0 Å². The summed E-state index contributed by atoms with van der Waals surface area (Å²) in [7, 11) is 0. The van der Waals surface area contributed by atoms with Crippen LogP contribution in [0.4, 0.5) is 0 Å². The topological polar surface area (TPSA) is 52.6 Å². The van der Waals surface area contributed by atoms with Gasteiger partial charge in [0.05, 0.1) is 26.4 Å². The molecule has 0 radical (unpaired) electrons. The minimum absolute atomic E-state index is 0.0598. The summed E-state index contributed by atoms with van der Waals surface area (Å²) < 4.78 is 9.89. The van der Waals surface area contributed by atoms with Gasteiger partial charge in [-0.2, -0.15) is 0 Å². The molecular weight excluding hydrogens is 184 g/mol. The molecule has 0 bridgehead atoms. The van der Waals surface area contributed by atoms with E-state index in [9.17, 15) is 9.59 Å². The van der Waals surface area contributed by atoms with Crippen LogP contribution in [-0.2, 0) is 19.1 Å². The Morgan fingerprint density at radius 2 is 1.14 bits per heavy atom. The van der Waals surface area contributed by atoms with E-state index in [4.69, 9.17) is 9.47 Å². The molecule has 4 nitrogen and oxygen atoms in total. The van der Waals surface area contributed by atoms with E-state index in [2.05, 4.69) is 0 Å². The largest absolute Gasteiger partial charge is 0.377 e. The zero-order chi connectivity index (χ0) is 10.2. The van der Waals surface area contributed by atoms with Crippen LogP contribution in [0.5, 0.6) is 0 Å². The summed E-state index contributed by atoms with van der Waals surface area (Å²) in [6.07, 6.45) is 3.47. The van der Waals surface area contributed by atoms with Crippen LogP contribution in [0.3, 0.4) is 0 Å². The number of ether oxygens (including phenoxy) is 2. The van der Waals surface area contributed by atoms with Gasteiger partial charge in [0, 0.05) is 12.8 Å². The van der Waals surface area contributed by atoms with Crippen LogP contribution < -0.4 is 0 Å². The van der Waals surface area contributed by atoms with Crippen molar-refractivity contribution in [2.45, 2.75) is 12.8 Å². The molecule has 1 saturated heterocycles. The molecule has 0 unspecified atom stereocenters. The van der Waals surface area contributed by atoms with Crippen molar-refractivity contribution in [3.63, 3.8) is 0 Å². The zero-order valence-electron chi connectivity index (χ0n) is 8.03. The third-order valence-electron chi connectivity index (χ3n) is 1.82. The Bertz CT molecular complexity index is 199. The summed E-state index contributed by atoms with van der Waals surface area (Å²) in [6.45, 7) is 3.11. The van der Waals surface area contributed by atoms with E-state index in [-0.39, 0.29) is 11.6 Å². The first-order chi connectivity index (χ1) is 6.79. The highest BCUT2D eigenvalue weighted by Crippen LogP contribution is 2.00. The molecule has 1 fully saturated rings. The van der Waals surface area contributed by atoms with Gasteiger partial charge in [0.1, 0.15) is 0 Å². The maximum atomic E-state index is 10.4. The highest BCUT2D eigenvalue weighted by molar-refractivity contribution is 6.04. The van der Waals surface area contributed by atoms with Gasteiger partial charge in [-0.15, -0.1) is 0 Å². The van der Waals surface area contributed by atoms with Crippen LogP contribution in [0.15, 0.2) is 12.2 Å². The summed E-state index contributed by atoms with van der Waals surface area (Å²) >= 11 is 0. The summed E-state index contributed by atoms with van der Waals surface area (Å²) in [6, 6.07) is 0. The van der Waals surface area contributed by atoms with Gasteiger partial charge in [-0.25, -0.2) is 0 Å². The highest BCUT2D eigenvalue weighted by Gasteiger charge is 2.06. The van der Waals surface area contributed by atoms with E-state index in [1.54, 1.807) is 0 Å². The average Bonchev–Trinajstić information content (AvgIpc) is 2.26. The number of hydrogen-bond acceptors (Lipinski definition) is 4. The minimum atomic E-state index is 0.0598. The molecule has 0 atom stereocenters. The van der Waals surface area contributed by atoms with Gasteiger partial charge in [0.15, 0.2) is 11.6 Å². The molecule has 2 rings (SSSR count). The molecule has 0 aromatic rings. The van der Waals surface area contributed by atoms with Crippen molar-refractivity contribution >= 4 is 11.6 Å². The van der Waals surface area contributed by atoms with E-state index < -0.39 is 0 Å². The fourth-order valence-corrected chi connectivity index (χ4v) is 1.04. The van der Waals surface area contributed by atoms with Gasteiger partial charge in [0.25, 0.3) is 0 Å². The first-order valence-corrected chi connectivity index (χ1v) is 4.68. The second kappa shape index (κ2) is 6.45. The number of carbonyl (C=O) groups excluding carboxylic acids is 2. The third kappa shape index (κ3) is 4.89. The molecule has 0 N–H and O–H groups in total. The Hall–Kier alpha value is -1.00. The molecule has 0 spiro atoms. The fraction of sp³-hybridized carbons (Fsp3) is 0.600. The lowest BCUT2D eigenvalue weighted by Crippen LogP contribution is -2.16. The molecule has 2 aliphatic rings. The van der Waals surface area contributed by atoms with Crippen molar-refractivity contribution in [2.75, 3.05) is 26.4 Å². The van der Waals surface area contributed by atoms with Crippen molar-refractivity contribution in [3.8, 4) is 0 Å². The molecule has 0 aromatic heterocycles. The molecule has 78 valence electrons. The first kappa shape index (κ1) is 11.1. The Labute approximate surface area is 82.9 Å². The highest BCUT2D eigenvalue weighted by atomic mass is 16.6. The van der Waals surface area contributed by atoms with E-state index in [1.807, 2.05) is 0 Å². The van der Waals surface area contributed by atoms with E-state index in [0.29, 0.717) is 12.8 Å². The molecule has 0 saturated carbocycles. The monoisotopic (exact) mass is 198 g/mol. The Morgan fingerprint density at radius 3 is 1.36 bits per heavy atom. The maximum Gasteiger partial charge on any atom is 0.156 e. The quantitative estimate of drug-likeness (QED) is 0.569. The van der Waals surface area contributed by atoms with Crippen molar-refractivity contribution in [1.82, 2.24) is 0 Å². The summed E-state index contributed by atoms with van der Waals surface area (Å²) in [5.74, 6) is 0.120. The van der Waals surface area contributed by atoms with E-state index in [1.165, 1.54) is 12.2 Å². The number of hydrogen-bond donors (Lipinski definition) is 0. The van der Waals surface area contributed by atoms with Crippen LogP contribution in [-0.4, -0.2) is 38.0 Å². The van der Waals surface area contributed by atoms with Crippen LogP contribution >= 0.6 is 0 Å². The lowest BCUT2D eigenvalue weighted by molar-refractivity contribution is -0.121. The first-order valence-electron chi connectivity index (χ1n) is 4.68. The Morgan fingerprint density at radius 1 is 0.786 bits per heavy atom. The lowest BCUT2D eigenvalue weighted by atomic mass is 10.1. The minimum Gasteiger partial charge on any atom is -0.377 e. The Kier molecular flexibility index (Phi) is 5.11. The Balaban J connectivity index is 0.000000146.